The second-order valence-corrected chi connectivity index (χ2v) is 6.18. The van der Waals surface area contributed by atoms with Gasteiger partial charge in [0.2, 0.25) is 0 Å². The first-order valence-corrected chi connectivity index (χ1v) is 7.76. The Morgan fingerprint density at radius 2 is 1.62 bits per heavy atom. The normalized spacial score (nSPS) is 10.1. The largest absolute Gasteiger partial charge is 0.497 e. The summed E-state index contributed by atoms with van der Waals surface area (Å²) in [6.45, 7) is 0. The maximum atomic E-state index is 5.14. The highest BCUT2D eigenvalue weighted by Crippen LogP contribution is 2.09. The van der Waals surface area contributed by atoms with Gasteiger partial charge in [-0.05, 0) is 24.3 Å². The molecule has 0 saturated heterocycles. The van der Waals surface area contributed by atoms with E-state index in [1.807, 2.05) is 12.1 Å². The number of alkyl halides is 1. The van der Waals surface area contributed by atoms with Gasteiger partial charge in [-0.1, -0.05) is 30.3 Å². The Kier molecular flexibility index (Phi) is 4.22. The summed E-state index contributed by atoms with van der Waals surface area (Å²) in [5.41, 5.74) is 1.40. The molecule has 0 aromatic heterocycles. The van der Waals surface area contributed by atoms with Gasteiger partial charge in [0.05, 0.1) is 7.11 Å². The molecule has 1 nitrogen and oxygen atoms in total. The molecule has 0 heterocycles. The Hall–Kier alpha value is -1.03. The van der Waals surface area contributed by atoms with Crippen LogP contribution in [0.25, 0.3) is 0 Å². The molecule has 0 spiro atoms. The molecule has 0 fully saturated rings. The summed E-state index contributed by atoms with van der Waals surface area (Å²) in [7, 11) is 1.70. The van der Waals surface area contributed by atoms with Crippen molar-refractivity contribution in [3.8, 4) is 5.75 Å². The van der Waals surface area contributed by atoms with Crippen LogP contribution in [0.3, 0.4) is 0 Å². The third-order valence-corrected chi connectivity index (χ3v) is 5.13. The van der Waals surface area contributed by atoms with E-state index >= 15 is 0 Å². The summed E-state index contributed by atoms with van der Waals surface area (Å²) in [5.74, 6) is 0.932. The highest BCUT2D eigenvalue weighted by atomic mass is 127. The SMILES string of the molecule is COc1ccc(C[I+]c2ccccc2)cc1. The lowest BCUT2D eigenvalue weighted by Gasteiger charge is -1.98. The fraction of sp³-hybridized carbons (Fsp3) is 0.143. The van der Waals surface area contributed by atoms with Gasteiger partial charge >= 0.3 is 21.2 Å². The molecular formula is C14H14IO+. The minimum atomic E-state index is 0.0929. The number of ether oxygens (including phenoxy) is 1. The smallest absolute Gasteiger partial charge is 0.318 e. The fourth-order valence-corrected chi connectivity index (χ4v) is 3.69. The van der Waals surface area contributed by atoms with Crippen molar-refractivity contribution >= 4 is 0 Å². The monoisotopic (exact) mass is 325 g/mol. The molecule has 0 radical (unpaired) electrons. The number of hydrogen-bond acceptors (Lipinski definition) is 1. The average Bonchev–Trinajstić information content (AvgIpc) is 2.38. The van der Waals surface area contributed by atoms with Gasteiger partial charge < -0.3 is 4.74 Å². The van der Waals surface area contributed by atoms with E-state index in [2.05, 4.69) is 42.5 Å². The highest BCUT2D eigenvalue weighted by Gasteiger charge is 2.11. The van der Waals surface area contributed by atoms with E-state index in [0.29, 0.717) is 0 Å². The minimum Gasteiger partial charge on any atom is -0.497 e. The van der Waals surface area contributed by atoms with E-state index in [1.165, 1.54) is 13.6 Å². The van der Waals surface area contributed by atoms with E-state index < -0.39 is 0 Å². The van der Waals surface area contributed by atoms with Crippen LogP contribution in [0, 0.1) is 3.57 Å². The molecule has 0 N–H and O–H groups in total. The van der Waals surface area contributed by atoms with Gasteiger partial charge in [-0.2, -0.15) is 0 Å². The van der Waals surface area contributed by atoms with Crippen molar-refractivity contribution < 1.29 is 25.9 Å². The van der Waals surface area contributed by atoms with Crippen LogP contribution < -0.4 is 25.9 Å². The maximum Gasteiger partial charge on any atom is 0.318 e. The number of hydrogen-bond donors (Lipinski definition) is 0. The predicted octanol–water partition coefficient (Wildman–Crippen LogP) is 0.154. The Morgan fingerprint density at radius 1 is 0.938 bits per heavy atom. The van der Waals surface area contributed by atoms with Crippen molar-refractivity contribution in [2.75, 3.05) is 7.11 Å². The Balaban J connectivity index is 1.94. The standard InChI is InChI=1S/C14H14IO/c1-16-14-9-7-12(8-10-14)11-15-13-5-3-2-4-6-13/h2-10H,11H2,1H3/q+1. The molecular weight excluding hydrogens is 311 g/mol. The molecule has 2 heteroatoms. The van der Waals surface area contributed by atoms with Crippen LogP contribution in [0.2, 0.25) is 0 Å². The van der Waals surface area contributed by atoms with Gasteiger partial charge in [0.1, 0.15) is 5.75 Å². The van der Waals surface area contributed by atoms with Crippen LogP contribution in [0.1, 0.15) is 5.56 Å². The molecule has 0 atom stereocenters. The fourth-order valence-electron chi connectivity index (χ4n) is 1.37. The zero-order chi connectivity index (χ0) is 11.2. The van der Waals surface area contributed by atoms with E-state index in [9.17, 15) is 0 Å². The van der Waals surface area contributed by atoms with Crippen molar-refractivity contribution in [3.05, 3.63) is 63.7 Å². The molecule has 2 aromatic carbocycles. The minimum absolute atomic E-state index is 0.0929. The maximum absolute atomic E-state index is 5.14. The van der Waals surface area contributed by atoms with Crippen LogP contribution >= 0.6 is 0 Å². The van der Waals surface area contributed by atoms with Gasteiger partial charge in [-0.3, -0.25) is 0 Å². The molecule has 82 valence electrons. The molecule has 0 aliphatic carbocycles. The summed E-state index contributed by atoms with van der Waals surface area (Å²) >= 11 is 0.0929. The summed E-state index contributed by atoms with van der Waals surface area (Å²) in [5, 5.41) is 0. The first kappa shape index (κ1) is 11.5. The lowest BCUT2D eigenvalue weighted by atomic mass is 10.2. The van der Waals surface area contributed by atoms with Gasteiger partial charge in [0.25, 0.3) is 0 Å². The summed E-state index contributed by atoms with van der Waals surface area (Å²) in [6, 6.07) is 19.1. The van der Waals surface area contributed by atoms with E-state index in [0.717, 1.165) is 5.75 Å². The molecule has 0 unspecified atom stereocenters. The quantitative estimate of drug-likeness (QED) is 0.575. The Morgan fingerprint density at radius 3 is 2.25 bits per heavy atom. The third-order valence-electron chi connectivity index (χ3n) is 2.27. The number of benzene rings is 2. The van der Waals surface area contributed by atoms with E-state index in [1.54, 1.807) is 7.11 Å². The van der Waals surface area contributed by atoms with Crippen molar-refractivity contribution in [3.63, 3.8) is 0 Å². The Labute approximate surface area is 107 Å². The first-order valence-electron chi connectivity index (χ1n) is 5.15. The number of rotatable bonds is 4. The second kappa shape index (κ2) is 5.89. The average molecular weight is 325 g/mol. The molecule has 0 saturated carbocycles. The predicted molar refractivity (Wildman–Crippen MR) is 61.8 cm³/mol. The van der Waals surface area contributed by atoms with E-state index in [4.69, 9.17) is 4.74 Å². The Bertz CT molecular complexity index is 422. The van der Waals surface area contributed by atoms with Gasteiger partial charge in [0, 0.05) is 5.56 Å². The molecule has 16 heavy (non-hydrogen) atoms. The van der Waals surface area contributed by atoms with Crippen molar-refractivity contribution in [2.24, 2.45) is 0 Å². The van der Waals surface area contributed by atoms with Crippen LogP contribution in [-0.2, 0) is 4.43 Å². The zero-order valence-corrected chi connectivity index (χ0v) is 11.3. The molecule has 0 bridgehead atoms. The molecule has 0 aliphatic rings. The van der Waals surface area contributed by atoms with Crippen LogP contribution in [0.15, 0.2) is 54.6 Å². The zero-order valence-electron chi connectivity index (χ0n) is 9.19. The highest BCUT2D eigenvalue weighted by molar-refractivity contribution is 5.26. The second-order valence-electron chi connectivity index (χ2n) is 3.41. The van der Waals surface area contributed by atoms with E-state index in [-0.39, 0.29) is 21.2 Å². The van der Waals surface area contributed by atoms with Crippen LogP contribution in [-0.4, -0.2) is 7.11 Å². The molecule has 2 aromatic rings. The van der Waals surface area contributed by atoms with Crippen LogP contribution in [0.5, 0.6) is 5.75 Å². The molecule has 0 amide bonds. The topological polar surface area (TPSA) is 9.23 Å². The van der Waals surface area contributed by atoms with Crippen molar-refractivity contribution in [1.82, 2.24) is 0 Å². The summed E-state index contributed by atoms with van der Waals surface area (Å²) in [4.78, 5) is 0. The lowest BCUT2D eigenvalue weighted by molar-refractivity contribution is -0.643. The van der Waals surface area contributed by atoms with Crippen LogP contribution in [0.4, 0.5) is 0 Å². The number of halogens is 1. The van der Waals surface area contributed by atoms with Gasteiger partial charge in [-0.15, -0.1) is 0 Å². The summed E-state index contributed by atoms with van der Waals surface area (Å²) < 4.78 is 7.83. The molecule has 2 rings (SSSR count). The number of methoxy groups -OCH3 is 1. The van der Waals surface area contributed by atoms with Gasteiger partial charge in [-0.25, -0.2) is 0 Å². The van der Waals surface area contributed by atoms with Crippen molar-refractivity contribution in [2.45, 2.75) is 4.43 Å². The molecule has 0 aliphatic heterocycles. The van der Waals surface area contributed by atoms with Gasteiger partial charge in [0.15, 0.2) is 8.00 Å². The third kappa shape index (κ3) is 3.23. The first-order chi connectivity index (χ1) is 7.88. The van der Waals surface area contributed by atoms with Crippen molar-refractivity contribution in [1.29, 1.82) is 0 Å². The lowest BCUT2D eigenvalue weighted by Crippen LogP contribution is -3.61. The summed E-state index contributed by atoms with van der Waals surface area (Å²) in [6.07, 6.45) is 0.